The van der Waals surface area contributed by atoms with Crippen LogP contribution in [0, 0.1) is 62.2 Å². The fourth-order valence-corrected chi connectivity index (χ4v) is 2.05. The Morgan fingerprint density at radius 3 is 0.792 bits per heavy atom. The Bertz CT molecular complexity index is 884. The number of hydrogen-bond donors (Lipinski definition) is 2. The maximum atomic E-state index is 11.0. The number of carbonyl (C=O) groups is 6. The quantitative estimate of drug-likeness (QED) is 0.209. The van der Waals surface area contributed by atoms with Gasteiger partial charge in [0, 0.05) is 123 Å². The van der Waals surface area contributed by atoms with E-state index in [9.17, 15) is 59.4 Å². The van der Waals surface area contributed by atoms with Crippen molar-refractivity contribution in [2.24, 2.45) is 0 Å². The summed E-state index contributed by atoms with van der Waals surface area (Å²) in [7, 11) is 0. The van der Waals surface area contributed by atoms with E-state index in [0.717, 1.165) is 0 Å². The first-order valence-corrected chi connectivity index (χ1v) is 10.0. The van der Waals surface area contributed by atoms with E-state index in [0.29, 0.717) is 0 Å². The van der Waals surface area contributed by atoms with Crippen molar-refractivity contribution >= 4 is 35.8 Å². The maximum absolute atomic E-state index is 11.0. The molecule has 26 heteroatoms. The first kappa shape index (κ1) is 79.9. The Balaban J connectivity index is -0.0000000350. The van der Waals surface area contributed by atoms with Crippen LogP contribution in [0.25, 0.3) is 0 Å². The molecule has 280 valence electrons. The molecule has 0 aromatic carbocycles. The van der Waals surface area contributed by atoms with E-state index in [1.54, 1.807) is 0 Å². The predicted molar refractivity (Wildman–Crippen MR) is 125 cm³/mol. The van der Waals surface area contributed by atoms with Crippen molar-refractivity contribution in [2.75, 3.05) is 0 Å². The molecule has 2 aromatic rings. The molecule has 0 aliphatic carbocycles. The van der Waals surface area contributed by atoms with Gasteiger partial charge in [-0.15, -0.1) is 0 Å². The number of nitrogens with one attached hydrogen (secondary N) is 2. The van der Waals surface area contributed by atoms with Crippen LogP contribution in [0.15, 0.2) is 61.2 Å². The number of carboxylic acid groups (broad SMARTS) is 6. The molecule has 0 radical (unpaired) electrons. The number of carboxylic acids is 6. The molecule has 0 saturated heterocycles. The van der Waals surface area contributed by atoms with Crippen molar-refractivity contribution in [3.05, 3.63) is 61.2 Å². The molecule has 0 aliphatic heterocycles. The second-order valence-corrected chi connectivity index (χ2v) is 6.96. The van der Waals surface area contributed by atoms with Crippen LogP contribution in [0.3, 0.4) is 0 Å². The average Bonchev–Trinajstić information content (AvgIpc) is 2.80. The summed E-state index contributed by atoms with van der Waals surface area (Å²) < 4.78 is 0. The SMILES string of the molecule is O.O.O=C([O-])C[C@@]([O-])(CC(=O)O)C(=O)[O-].O=C([O-])C[C@]([O-])(CC(=O)O)C(=O)[O-].[O-2].[O-2].[O-2].[O-2].[OH3+].[OH3+].[U].[U].c1cc[nH+]cc1.c1cc[nH+]cc1. The molecule has 0 aliphatic rings. The Labute approximate surface area is 317 Å². The molecule has 2 heterocycles. The average molecular weight is 1150 g/mol. The fraction of sp³-hybridized carbons (Fsp3) is 0.273. The summed E-state index contributed by atoms with van der Waals surface area (Å²) in [6.45, 7) is 0. The number of hydrogen-bond acceptors (Lipinski definition) is 12. The number of carbonyl (C=O) groups excluding carboxylic acids is 4. The van der Waals surface area contributed by atoms with Crippen molar-refractivity contribution < 1.29 is 186 Å². The molecular formula is C22H32N2O22U2-10. The summed E-state index contributed by atoms with van der Waals surface area (Å²) in [5.74, 6) is -11.8. The standard InChI is InChI=1S/2C6H7O7.2C5H5N.4H2O.4O.2U/c2*7-3(8)1-6(13,5(11)12)2-4(9)10;2*1-2-4-6-5-3-1;;;;;;;;;;/h2*1-2H2,(H,7,8)(H,9,10)(H,11,12);2*1-5H;4*1H2;;;;;;/q2*-1;;;;;;;4*-2;;. The summed E-state index contributed by atoms with van der Waals surface area (Å²) in [6.07, 6.45) is 1.93. The topological polar surface area (TPSA) is 553 Å². The van der Waals surface area contributed by atoms with Gasteiger partial charge >= 0.3 is 11.9 Å². The first-order chi connectivity index (χ1) is 17.6. The van der Waals surface area contributed by atoms with Crippen molar-refractivity contribution in [1.82, 2.24) is 0 Å². The Kier molecular flexibility index (Phi) is 72.9. The third-order valence-corrected chi connectivity index (χ3v) is 3.69. The van der Waals surface area contributed by atoms with Crippen LogP contribution in [-0.2, 0) is 61.6 Å². The van der Waals surface area contributed by atoms with Gasteiger partial charge in [-0.3, -0.25) is 9.59 Å². The molecule has 0 saturated carbocycles. The summed E-state index contributed by atoms with van der Waals surface area (Å²) in [6, 6.07) is 11.7. The predicted octanol–water partition coefficient (Wildman–Crippen LogP) is -12.1. The van der Waals surface area contributed by atoms with Gasteiger partial charge in [0.1, 0.15) is 0 Å². The van der Waals surface area contributed by atoms with Gasteiger partial charge in [0.15, 0.2) is 24.8 Å². The van der Waals surface area contributed by atoms with Gasteiger partial charge < -0.3 is 104 Å². The molecule has 0 fully saturated rings. The minimum Gasteiger partial charge on any atom is -2.00 e. The molecule has 0 spiro atoms. The van der Waals surface area contributed by atoms with Crippen LogP contribution in [0.1, 0.15) is 25.7 Å². The molecular weight excluding hydrogens is 1120 g/mol. The summed E-state index contributed by atoms with van der Waals surface area (Å²) in [4.78, 5) is 65.8. The van der Waals surface area contributed by atoms with Gasteiger partial charge in [0.25, 0.3) is 0 Å². The van der Waals surface area contributed by atoms with E-state index in [-0.39, 0.29) is 106 Å². The van der Waals surface area contributed by atoms with Gasteiger partial charge in [0.2, 0.25) is 0 Å². The zero-order valence-corrected chi connectivity index (χ0v) is 32.5. The third kappa shape index (κ3) is 44.9. The fourth-order valence-electron chi connectivity index (χ4n) is 2.05. The minimum atomic E-state index is -3.16. The van der Waals surface area contributed by atoms with Crippen molar-refractivity contribution in [1.29, 1.82) is 0 Å². The number of H-pyrrole nitrogens is 2. The van der Waals surface area contributed by atoms with E-state index < -0.39 is 72.7 Å². The van der Waals surface area contributed by atoms with E-state index in [1.807, 2.05) is 61.2 Å². The monoisotopic (exact) mass is 1150 g/mol. The maximum Gasteiger partial charge on any atom is 0.302 e. The van der Waals surface area contributed by atoms with E-state index >= 15 is 0 Å². The molecule has 48 heavy (non-hydrogen) atoms. The number of pyridine rings is 2. The number of rotatable bonds is 10. The van der Waals surface area contributed by atoms with Crippen molar-refractivity contribution in [3.8, 4) is 0 Å². The van der Waals surface area contributed by atoms with Crippen LogP contribution in [0.5, 0.6) is 0 Å². The minimum absolute atomic E-state index is 0. The molecule has 14 N–H and O–H groups in total. The number of aromatic nitrogens is 2. The second kappa shape index (κ2) is 43.8. The van der Waals surface area contributed by atoms with E-state index in [4.69, 9.17) is 10.2 Å². The molecule has 2 aromatic heterocycles. The largest absolute Gasteiger partial charge is 2.00 e. The Hall–Kier alpha value is -3.18. The smallest absolute Gasteiger partial charge is 0.302 e. The van der Waals surface area contributed by atoms with E-state index in [2.05, 4.69) is 9.97 Å². The van der Waals surface area contributed by atoms with Crippen LogP contribution in [0.4, 0.5) is 0 Å². The molecule has 0 unspecified atom stereocenters. The van der Waals surface area contributed by atoms with Crippen molar-refractivity contribution in [3.63, 3.8) is 0 Å². The van der Waals surface area contributed by atoms with Gasteiger partial charge in [-0.05, 0) is 12.8 Å². The van der Waals surface area contributed by atoms with Gasteiger partial charge in [-0.25, -0.2) is 9.97 Å². The van der Waals surface area contributed by atoms with Crippen LogP contribution in [0.2, 0.25) is 0 Å². The normalized spacial score (nSPS) is 9.88. The van der Waals surface area contributed by atoms with Crippen LogP contribution >= 0.6 is 0 Å². The van der Waals surface area contributed by atoms with Crippen LogP contribution in [-0.4, -0.2) is 68.2 Å². The first-order valence-electron chi connectivity index (χ1n) is 10.0. The zero-order chi connectivity index (χ0) is 29.8. The summed E-state index contributed by atoms with van der Waals surface area (Å²) in [5.41, 5.74) is -6.32. The van der Waals surface area contributed by atoms with Crippen LogP contribution < -0.4 is 40.6 Å². The zero-order valence-electron chi connectivity index (χ0n) is 24.2. The molecule has 2 rings (SSSR count). The molecule has 0 amide bonds. The van der Waals surface area contributed by atoms with Gasteiger partial charge in [-0.1, -0.05) is 23.3 Å². The summed E-state index contributed by atoms with van der Waals surface area (Å²) in [5, 5.41) is 78.2. The van der Waals surface area contributed by atoms with Crippen molar-refractivity contribution in [2.45, 2.75) is 36.9 Å². The second-order valence-electron chi connectivity index (χ2n) is 6.96. The third-order valence-electron chi connectivity index (χ3n) is 3.69. The van der Waals surface area contributed by atoms with Gasteiger partial charge in [0.05, 0.1) is 0 Å². The Morgan fingerprint density at radius 1 is 0.500 bits per heavy atom. The van der Waals surface area contributed by atoms with Gasteiger partial charge in [-0.2, -0.15) is 0 Å². The summed E-state index contributed by atoms with van der Waals surface area (Å²) >= 11 is 0. The molecule has 24 nitrogen and oxygen atoms in total. The number of aliphatic carboxylic acids is 6. The number of aromatic amines is 2. The van der Waals surface area contributed by atoms with E-state index in [1.165, 1.54) is 0 Å². The molecule has 2 atom stereocenters. The Morgan fingerprint density at radius 2 is 0.708 bits per heavy atom. The molecule has 0 bridgehead atoms.